The van der Waals surface area contributed by atoms with Crippen LogP contribution in [0.5, 0.6) is 0 Å². The summed E-state index contributed by atoms with van der Waals surface area (Å²) in [5.74, 6) is 0.901. The largest absolute Gasteiger partial charge is 0.357 e. The van der Waals surface area contributed by atoms with E-state index in [2.05, 4.69) is 76.7 Å². The Balaban J connectivity index is 1.61. The zero-order chi connectivity index (χ0) is 19.4. The standard InChI is InChI=1S/C21H30BrN5/c1-5-23-20(24-12-9-19-15(2)26-27(4)16(19)3)25-14-21(10-11-21)17-7-6-8-18(22)13-17/h6-8,13H,5,9-12,14H2,1-4H3,(H2,23,24,25). The molecule has 1 aliphatic rings. The van der Waals surface area contributed by atoms with Gasteiger partial charge in [-0.3, -0.25) is 9.67 Å². The molecule has 0 saturated heterocycles. The molecule has 0 unspecified atom stereocenters. The molecule has 0 radical (unpaired) electrons. The number of hydrogen-bond donors (Lipinski definition) is 2. The smallest absolute Gasteiger partial charge is 0.191 e. The SMILES string of the molecule is CCNC(=NCC1(c2cccc(Br)c2)CC1)NCCc1c(C)nn(C)c1C. The first-order valence-corrected chi connectivity index (χ1v) is 10.5. The molecule has 0 spiro atoms. The van der Waals surface area contributed by atoms with E-state index in [1.54, 1.807) is 0 Å². The molecular formula is C21H30BrN5. The molecule has 1 aromatic heterocycles. The van der Waals surface area contributed by atoms with Crippen LogP contribution in [0.3, 0.4) is 0 Å². The van der Waals surface area contributed by atoms with Crippen LogP contribution in [0.25, 0.3) is 0 Å². The van der Waals surface area contributed by atoms with Crippen molar-refractivity contribution in [3.05, 3.63) is 51.3 Å². The highest BCUT2D eigenvalue weighted by molar-refractivity contribution is 9.10. The molecule has 6 heteroatoms. The van der Waals surface area contributed by atoms with Crippen LogP contribution in [-0.2, 0) is 18.9 Å². The van der Waals surface area contributed by atoms with Crippen LogP contribution in [-0.4, -0.2) is 35.4 Å². The van der Waals surface area contributed by atoms with Crippen molar-refractivity contribution in [2.45, 2.75) is 45.4 Å². The molecule has 0 bridgehead atoms. The Morgan fingerprint density at radius 3 is 2.67 bits per heavy atom. The average Bonchev–Trinajstić information content (AvgIpc) is 3.39. The molecule has 0 atom stereocenters. The summed E-state index contributed by atoms with van der Waals surface area (Å²) in [4.78, 5) is 4.89. The van der Waals surface area contributed by atoms with Crippen LogP contribution in [0.15, 0.2) is 33.7 Å². The van der Waals surface area contributed by atoms with Gasteiger partial charge in [0.2, 0.25) is 0 Å². The van der Waals surface area contributed by atoms with Gasteiger partial charge in [-0.15, -0.1) is 0 Å². The van der Waals surface area contributed by atoms with Crippen molar-refractivity contribution < 1.29 is 0 Å². The normalized spacial score (nSPS) is 15.7. The monoisotopic (exact) mass is 431 g/mol. The molecule has 0 aliphatic heterocycles. The van der Waals surface area contributed by atoms with Crippen LogP contribution in [0.1, 0.15) is 42.3 Å². The molecule has 1 saturated carbocycles. The minimum atomic E-state index is 0.211. The molecule has 146 valence electrons. The second-order valence-corrected chi connectivity index (χ2v) is 8.35. The third-order valence-electron chi connectivity index (χ3n) is 5.50. The van der Waals surface area contributed by atoms with Gasteiger partial charge in [-0.25, -0.2) is 0 Å². The fourth-order valence-corrected chi connectivity index (χ4v) is 3.96. The Bertz CT molecular complexity index is 820. The highest BCUT2D eigenvalue weighted by Gasteiger charge is 2.44. The van der Waals surface area contributed by atoms with Crippen molar-refractivity contribution in [1.29, 1.82) is 0 Å². The minimum absolute atomic E-state index is 0.211. The molecule has 5 nitrogen and oxygen atoms in total. The summed E-state index contributed by atoms with van der Waals surface area (Å²) < 4.78 is 3.10. The van der Waals surface area contributed by atoms with E-state index < -0.39 is 0 Å². The number of benzene rings is 1. The number of guanidine groups is 1. The second-order valence-electron chi connectivity index (χ2n) is 7.44. The maximum absolute atomic E-state index is 4.89. The second kappa shape index (κ2) is 8.46. The first kappa shape index (κ1) is 19.9. The van der Waals surface area contributed by atoms with E-state index in [0.29, 0.717) is 0 Å². The van der Waals surface area contributed by atoms with E-state index in [1.807, 2.05) is 11.7 Å². The highest BCUT2D eigenvalue weighted by Crippen LogP contribution is 2.48. The van der Waals surface area contributed by atoms with Crippen LogP contribution in [0, 0.1) is 13.8 Å². The van der Waals surface area contributed by atoms with Crippen molar-refractivity contribution >= 4 is 21.9 Å². The molecule has 0 amide bonds. The van der Waals surface area contributed by atoms with Gasteiger partial charge in [0, 0.05) is 35.7 Å². The first-order valence-electron chi connectivity index (χ1n) is 9.72. The Kier molecular flexibility index (Phi) is 6.25. The van der Waals surface area contributed by atoms with Gasteiger partial charge in [0.1, 0.15) is 0 Å². The molecule has 3 rings (SSSR count). The predicted molar refractivity (Wildman–Crippen MR) is 115 cm³/mol. The molecule has 2 N–H and O–H groups in total. The maximum Gasteiger partial charge on any atom is 0.191 e. The van der Waals surface area contributed by atoms with Gasteiger partial charge in [0.05, 0.1) is 12.2 Å². The lowest BCUT2D eigenvalue weighted by Crippen LogP contribution is -2.39. The van der Waals surface area contributed by atoms with Gasteiger partial charge < -0.3 is 10.6 Å². The minimum Gasteiger partial charge on any atom is -0.357 e. The summed E-state index contributed by atoms with van der Waals surface area (Å²) in [6.45, 7) is 8.85. The summed E-state index contributed by atoms with van der Waals surface area (Å²) in [6.07, 6.45) is 3.37. The maximum atomic E-state index is 4.89. The number of nitrogens with one attached hydrogen (secondary N) is 2. The fraction of sp³-hybridized carbons (Fsp3) is 0.524. The van der Waals surface area contributed by atoms with Crippen molar-refractivity contribution in [2.24, 2.45) is 12.0 Å². The summed E-state index contributed by atoms with van der Waals surface area (Å²) in [5.41, 5.74) is 5.28. The Morgan fingerprint density at radius 1 is 1.30 bits per heavy atom. The Labute approximate surface area is 170 Å². The molecule has 27 heavy (non-hydrogen) atoms. The number of aryl methyl sites for hydroxylation is 2. The zero-order valence-corrected chi connectivity index (χ0v) is 18.4. The summed E-state index contributed by atoms with van der Waals surface area (Å²) in [6, 6.07) is 8.65. The number of aromatic nitrogens is 2. The van der Waals surface area contributed by atoms with Gasteiger partial charge in [0.15, 0.2) is 5.96 Å². The fourth-order valence-electron chi connectivity index (χ4n) is 3.56. The summed E-state index contributed by atoms with van der Waals surface area (Å²) >= 11 is 3.59. The third kappa shape index (κ3) is 4.72. The number of hydrogen-bond acceptors (Lipinski definition) is 2. The predicted octanol–water partition coefficient (Wildman–Crippen LogP) is 3.63. The molecule has 2 aromatic rings. The van der Waals surface area contributed by atoms with E-state index in [9.17, 15) is 0 Å². The van der Waals surface area contributed by atoms with Crippen molar-refractivity contribution in [1.82, 2.24) is 20.4 Å². The first-order chi connectivity index (χ1) is 12.9. The van der Waals surface area contributed by atoms with E-state index in [0.717, 1.165) is 42.2 Å². The molecule has 1 aromatic carbocycles. The van der Waals surface area contributed by atoms with Crippen molar-refractivity contribution in [3.8, 4) is 0 Å². The molecular weight excluding hydrogens is 402 g/mol. The van der Waals surface area contributed by atoms with Crippen LogP contribution in [0.2, 0.25) is 0 Å². The van der Waals surface area contributed by atoms with Gasteiger partial charge in [-0.1, -0.05) is 28.1 Å². The lowest BCUT2D eigenvalue weighted by Gasteiger charge is -2.16. The topological polar surface area (TPSA) is 54.2 Å². The van der Waals surface area contributed by atoms with Gasteiger partial charge >= 0.3 is 0 Å². The van der Waals surface area contributed by atoms with Crippen LogP contribution < -0.4 is 10.6 Å². The third-order valence-corrected chi connectivity index (χ3v) is 5.99. The quantitative estimate of drug-likeness (QED) is 0.519. The number of halogens is 1. The zero-order valence-electron chi connectivity index (χ0n) is 16.8. The Morgan fingerprint density at radius 2 is 2.07 bits per heavy atom. The molecule has 1 aliphatic carbocycles. The van der Waals surface area contributed by atoms with Gasteiger partial charge in [-0.2, -0.15) is 5.10 Å². The van der Waals surface area contributed by atoms with E-state index in [4.69, 9.17) is 4.99 Å². The van der Waals surface area contributed by atoms with Gasteiger partial charge in [-0.05, 0) is 63.3 Å². The summed E-state index contributed by atoms with van der Waals surface area (Å²) in [5, 5.41) is 11.4. The van der Waals surface area contributed by atoms with Crippen LogP contribution in [0.4, 0.5) is 0 Å². The molecule has 1 fully saturated rings. The average molecular weight is 432 g/mol. The van der Waals surface area contributed by atoms with Gasteiger partial charge in [0.25, 0.3) is 0 Å². The van der Waals surface area contributed by atoms with Crippen molar-refractivity contribution in [3.63, 3.8) is 0 Å². The molecule has 1 heterocycles. The summed E-state index contributed by atoms with van der Waals surface area (Å²) in [7, 11) is 2.00. The lowest BCUT2D eigenvalue weighted by molar-refractivity contribution is 0.691. The van der Waals surface area contributed by atoms with E-state index in [-0.39, 0.29) is 5.41 Å². The Hall–Kier alpha value is -1.82. The lowest BCUT2D eigenvalue weighted by atomic mass is 9.96. The van der Waals surface area contributed by atoms with E-state index >= 15 is 0 Å². The van der Waals surface area contributed by atoms with E-state index in [1.165, 1.54) is 29.7 Å². The number of rotatable bonds is 7. The van der Waals surface area contributed by atoms with Crippen molar-refractivity contribution in [2.75, 3.05) is 19.6 Å². The number of aliphatic imine (C=N–C) groups is 1. The van der Waals surface area contributed by atoms with Crippen LogP contribution >= 0.6 is 15.9 Å². The number of nitrogens with zero attached hydrogens (tertiary/aromatic N) is 3. The highest BCUT2D eigenvalue weighted by atomic mass is 79.9.